The normalized spacial score (nSPS) is 13.6. The molecule has 0 bridgehead atoms. The Kier molecular flexibility index (Phi) is 5.57. The fraction of sp³-hybridized carbons (Fsp3) is 0.250. The van der Waals surface area contributed by atoms with Crippen molar-refractivity contribution in [3.8, 4) is 0 Å². The molecule has 3 N–H and O–H groups in total. The van der Waals surface area contributed by atoms with Crippen molar-refractivity contribution in [2.24, 2.45) is 0 Å². The van der Waals surface area contributed by atoms with E-state index < -0.39 is 10.0 Å². The zero-order chi connectivity index (χ0) is 24.0. The van der Waals surface area contributed by atoms with Crippen LogP contribution < -0.4 is 10.5 Å². The van der Waals surface area contributed by atoms with Gasteiger partial charge in [-0.3, -0.25) is 4.79 Å². The SMILES string of the molecule is Cc1cc(C)nc(NS(=O)(=O)c2ccc(C(=O)c3sc4nc5c(cc4c3N)CCCC5)cc2)n1. The summed E-state index contributed by atoms with van der Waals surface area (Å²) in [6, 6.07) is 9.57. The smallest absolute Gasteiger partial charge is 0.264 e. The summed E-state index contributed by atoms with van der Waals surface area (Å²) in [4.78, 5) is 27.4. The molecule has 0 spiro atoms. The number of pyridine rings is 1. The Bertz CT molecular complexity index is 1520. The lowest BCUT2D eigenvalue weighted by molar-refractivity contribution is 0.104. The van der Waals surface area contributed by atoms with Crippen LogP contribution >= 0.6 is 11.3 Å². The number of aryl methyl sites for hydroxylation is 4. The maximum absolute atomic E-state index is 13.2. The minimum absolute atomic E-state index is 0.00506. The number of carbonyl (C=O) groups excluding carboxylic acids is 1. The molecule has 0 atom stereocenters. The summed E-state index contributed by atoms with van der Waals surface area (Å²) in [5.74, 6) is -0.251. The first-order valence-corrected chi connectivity index (χ1v) is 13.2. The van der Waals surface area contributed by atoms with Gasteiger partial charge in [0.1, 0.15) is 9.71 Å². The van der Waals surface area contributed by atoms with E-state index in [1.165, 1.54) is 41.2 Å². The Morgan fingerprint density at radius 3 is 2.38 bits per heavy atom. The van der Waals surface area contributed by atoms with Crippen LogP contribution in [0.15, 0.2) is 41.3 Å². The van der Waals surface area contributed by atoms with Crippen molar-refractivity contribution >= 4 is 49.0 Å². The van der Waals surface area contributed by atoms with Gasteiger partial charge >= 0.3 is 0 Å². The van der Waals surface area contributed by atoms with Crippen LogP contribution in [0.5, 0.6) is 0 Å². The van der Waals surface area contributed by atoms with Gasteiger partial charge in [0.05, 0.1) is 10.6 Å². The first-order chi connectivity index (χ1) is 16.2. The zero-order valence-corrected chi connectivity index (χ0v) is 20.4. The van der Waals surface area contributed by atoms with Crippen LogP contribution in [0.4, 0.5) is 11.6 Å². The Morgan fingerprint density at radius 1 is 1.00 bits per heavy atom. The molecule has 0 radical (unpaired) electrons. The van der Waals surface area contributed by atoms with Crippen molar-refractivity contribution in [3.63, 3.8) is 0 Å². The van der Waals surface area contributed by atoms with Crippen LogP contribution in [-0.2, 0) is 22.9 Å². The molecule has 3 aromatic heterocycles. The van der Waals surface area contributed by atoms with Crippen molar-refractivity contribution in [3.05, 3.63) is 69.5 Å². The number of nitrogen functional groups attached to an aromatic ring is 1. The molecule has 1 aromatic carbocycles. The van der Waals surface area contributed by atoms with E-state index in [1.807, 2.05) is 0 Å². The van der Waals surface area contributed by atoms with Gasteiger partial charge in [-0.25, -0.2) is 28.1 Å². The molecular formula is C24H23N5O3S2. The predicted octanol–water partition coefficient (Wildman–Crippen LogP) is 4.20. The number of thiophene rings is 1. The minimum atomic E-state index is -3.91. The molecule has 34 heavy (non-hydrogen) atoms. The van der Waals surface area contributed by atoms with Crippen molar-refractivity contribution in [2.75, 3.05) is 10.5 Å². The predicted molar refractivity (Wildman–Crippen MR) is 133 cm³/mol. The van der Waals surface area contributed by atoms with E-state index in [9.17, 15) is 13.2 Å². The molecule has 0 amide bonds. The van der Waals surface area contributed by atoms with Crippen molar-refractivity contribution in [1.82, 2.24) is 15.0 Å². The molecule has 0 aliphatic heterocycles. The third kappa shape index (κ3) is 4.14. The van der Waals surface area contributed by atoms with E-state index in [0.29, 0.717) is 27.5 Å². The van der Waals surface area contributed by atoms with E-state index >= 15 is 0 Å². The molecule has 174 valence electrons. The maximum atomic E-state index is 13.2. The number of sulfonamides is 1. The molecule has 8 nitrogen and oxygen atoms in total. The molecule has 10 heteroatoms. The molecule has 1 aliphatic rings. The third-order valence-electron chi connectivity index (χ3n) is 5.84. The molecule has 5 rings (SSSR count). The number of hydrogen-bond donors (Lipinski definition) is 2. The molecule has 4 aromatic rings. The number of fused-ring (bicyclic) bond motifs is 2. The van der Waals surface area contributed by atoms with Gasteiger partial charge in [0.2, 0.25) is 11.7 Å². The number of benzene rings is 1. The summed E-state index contributed by atoms with van der Waals surface area (Å²) in [5.41, 5.74) is 10.7. The van der Waals surface area contributed by atoms with Crippen LogP contribution in [0.25, 0.3) is 10.2 Å². The Balaban J connectivity index is 1.42. The van der Waals surface area contributed by atoms with Gasteiger partial charge in [-0.1, -0.05) is 0 Å². The number of rotatable bonds is 5. The van der Waals surface area contributed by atoms with Gasteiger partial charge < -0.3 is 5.73 Å². The highest BCUT2D eigenvalue weighted by Crippen LogP contribution is 2.36. The summed E-state index contributed by atoms with van der Waals surface area (Å²) >= 11 is 1.28. The third-order valence-corrected chi connectivity index (χ3v) is 8.30. The van der Waals surface area contributed by atoms with Crippen LogP contribution in [-0.4, -0.2) is 29.2 Å². The van der Waals surface area contributed by atoms with E-state index in [0.717, 1.165) is 41.6 Å². The zero-order valence-electron chi connectivity index (χ0n) is 18.8. The summed E-state index contributed by atoms with van der Waals surface area (Å²) < 4.78 is 27.9. The molecule has 0 saturated carbocycles. The number of hydrogen-bond acceptors (Lipinski definition) is 8. The fourth-order valence-electron chi connectivity index (χ4n) is 4.20. The monoisotopic (exact) mass is 493 g/mol. The van der Waals surface area contributed by atoms with Gasteiger partial charge in [-0.2, -0.15) is 0 Å². The lowest BCUT2D eigenvalue weighted by Gasteiger charge is -2.14. The first kappa shape index (κ1) is 22.4. The number of carbonyl (C=O) groups is 1. The summed E-state index contributed by atoms with van der Waals surface area (Å²) in [7, 11) is -3.91. The summed E-state index contributed by atoms with van der Waals surface area (Å²) in [6.07, 6.45) is 4.19. The topological polar surface area (TPSA) is 128 Å². The second kappa shape index (κ2) is 8.44. The summed E-state index contributed by atoms with van der Waals surface area (Å²) in [6.45, 7) is 3.52. The van der Waals surface area contributed by atoms with Crippen LogP contribution in [0.1, 0.15) is 50.7 Å². The fourth-order valence-corrected chi connectivity index (χ4v) is 6.20. The molecule has 0 fully saturated rings. The number of anilines is 2. The largest absolute Gasteiger partial charge is 0.397 e. The number of nitrogens with two attached hydrogens (primary N) is 1. The second-order valence-corrected chi connectivity index (χ2v) is 11.1. The second-order valence-electron chi connectivity index (χ2n) is 8.43. The number of aromatic nitrogens is 3. The van der Waals surface area contributed by atoms with Gasteiger partial charge in [0, 0.05) is 28.0 Å². The van der Waals surface area contributed by atoms with Gasteiger partial charge in [0.15, 0.2) is 0 Å². The van der Waals surface area contributed by atoms with E-state index in [2.05, 4.69) is 20.8 Å². The highest BCUT2D eigenvalue weighted by atomic mass is 32.2. The lowest BCUT2D eigenvalue weighted by atomic mass is 9.95. The Labute approximate surface area is 201 Å². The average molecular weight is 494 g/mol. The number of nitrogens with zero attached hydrogens (tertiary/aromatic N) is 3. The van der Waals surface area contributed by atoms with Crippen LogP contribution in [0.2, 0.25) is 0 Å². The standard InChI is InChI=1S/C24H23N5O3S2/c1-13-11-14(2)27-24(26-13)29-34(31,32)17-9-7-15(8-10-17)21(30)22-20(25)18-12-16-5-3-4-6-19(16)28-23(18)33-22/h7-12H,3-6,25H2,1-2H3,(H,26,27,29). The van der Waals surface area contributed by atoms with Crippen molar-refractivity contribution in [2.45, 2.75) is 44.4 Å². The van der Waals surface area contributed by atoms with Gasteiger partial charge in [-0.05, 0) is 81.5 Å². The Morgan fingerprint density at radius 2 is 1.68 bits per heavy atom. The highest BCUT2D eigenvalue weighted by Gasteiger charge is 2.22. The molecule has 1 aliphatic carbocycles. The molecule has 3 heterocycles. The minimum Gasteiger partial charge on any atom is -0.397 e. The van der Waals surface area contributed by atoms with Gasteiger partial charge in [0.25, 0.3) is 10.0 Å². The van der Waals surface area contributed by atoms with Crippen LogP contribution in [0.3, 0.4) is 0 Å². The molecule has 0 unspecified atom stereocenters. The average Bonchev–Trinajstić information content (AvgIpc) is 3.11. The van der Waals surface area contributed by atoms with Crippen molar-refractivity contribution < 1.29 is 13.2 Å². The molecule has 0 saturated heterocycles. The van der Waals surface area contributed by atoms with Crippen molar-refractivity contribution in [1.29, 1.82) is 0 Å². The van der Waals surface area contributed by atoms with E-state index in [-0.39, 0.29) is 16.6 Å². The highest BCUT2D eigenvalue weighted by molar-refractivity contribution is 7.92. The number of ketones is 1. The van der Waals surface area contributed by atoms with Crippen LogP contribution in [0, 0.1) is 13.8 Å². The van der Waals surface area contributed by atoms with E-state index in [1.54, 1.807) is 19.9 Å². The molecular weight excluding hydrogens is 470 g/mol. The quantitative estimate of drug-likeness (QED) is 0.399. The first-order valence-electron chi connectivity index (χ1n) is 10.9. The number of nitrogens with one attached hydrogen (secondary N) is 1. The Hall–Kier alpha value is -3.37. The lowest BCUT2D eigenvalue weighted by Crippen LogP contribution is -2.16. The van der Waals surface area contributed by atoms with E-state index in [4.69, 9.17) is 10.7 Å². The summed E-state index contributed by atoms with van der Waals surface area (Å²) in [5, 5.41) is 0.811. The van der Waals surface area contributed by atoms with Gasteiger partial charge in [-0.15, -0.1) is 11.3 Å². The maximum Gasteiger partial charge on any atom is 0.264 e.